The van der Waals surface area contributed by atoms with Crippen LogP contribution in [0.15, 0.2) is 23.5 Å². The molecule has 0 saturated heterocycles. The molecule has 15 heavy (non-hydrogen) atoms. The van der Waals surface area contributed by atoms with Gasteiger partial charge in [-0.2, -0.15) is 0 Å². The lowest BCUT2D eigenvalue weighted by atomic mass is 9.97. The average Bonchev–Trinajstić information content (AvgIpc) is 2.27. The van der Waals surface area contributed by atoms with Crippen LogP contribution in [0, 0.1) is 5.92 Å². The van der Waals surface area contributed by atoms with E-state index in [1.54, 1.807) is 26.0 Å². The van der Waals surface area contributed by atoms with Crippen LogP contribution in [-0.2, 0) is 9.53 Å². The first-order valence-electron chi connectivity index (χ1n) is 4.92. The molecule has 2 N–H and O–H groups in total. The molecule has 1 rings (SSSR count). The van der Waals surface area contributed by atoms with Gasteiger partial charge in [-0.3, -0.25) is 4.79 Å². The minimum Gasteiger partial charge on any atom is -0.482 e. The van der Waals surface area contributed by atoms with Crippen LogP contribution in [0.3, 0.4) is 0 Å². The zero-order chi connectivity index (χ0) is 11.4. The highest BCUT2D eigenvalue weighted by atomic mass is 16.5. The van der Waals surface area contributed by atoms with Crippen LogP contribution in [0.4, 0.5) is 0 Å². The Balaban J connectivity index is 2.92. The first-order valence-corrected chi connectivity index (χ1v) is 4.92. The van der Waals surface area contributed by atoms with Crippen LogP contribution in [0.2, 0.25) is 0 Å². The number of aldehydes is 1. The second-order valence-corrected chi connectivity index (χ2v) is 3.65. The van der Waals surface area contributed by atoms with Crippen molar-refractivity contribution in [2.24, 2.45) is 5.92 Å². The van der Waals surface area contributed by atoms with E-state index in [2.05, 4.69) is 0 Å². The third-order valence-corrected chi connectivity index (χ3v) is 2.51. The maximum absolute atomic E-state index is 10.6. The van der Waals surface area contributed by atoms with Gasteiger partial charge < -0.3 is 14.9 Å². The fourth-order valence-corrected chi connectivity index (χ4v) is 1.38. The van der Waals surface area contributed by atoms with Gasteiger partial charge in [0.05, 0.1) is 12.7 Å². The number of ether oxygens (including phenoxy) is 1. The molecule has 4 nitrogen and oxygen atoms in total. The van der Waals surface area contributed by atoms with Gasteiger partial charge in [0.15, 0.2) is 12.4 Å². The molecule has 1 aliphatic rings. The number of aliphatic hydroxyl groups is 2. The molecule has 0 radical (unpaired) electrons. The van der Waals surface area contributed by atoms with Crippen molar-refractivity contribution in [3.8, 4) is 0 Å². The van der Waals surface area contributed by atoms with E-state index in [1.165, 1.54) is 0 Å². The molecule has 0 spiro atoms. The van der Waals surface area contributed by atoms with Gasteiger partial charge in [-0.25, -0.2) is 0 Å². The molecule has 4 heteroatoms. The molecule has 1 aliphatic heterocycles. The molecule has 0 amide bonds. The van der Waals surface area contributed by atoms with Crippen LogP contribution in [0.1, 0.15) is 13.8 Å². The first kappa shape index (κ1) is 11.9. The smallest absolute Gasteiger partial charge is 0.172 e. The molecular weight excluding hydrogens is 196 g/mol. The second-order valence-electron chi connectivity index (χ2n) is 3.65. The lowest BCUT2D eigenvalue weighted by molar-refractivity contribution is -0.114. The van der Waals surface area contributed by atoms with Crippen molar-refractivity contribution in [3.63, 3.8) is 0 Å². The standard InChI is InChI=1S/C11H16O4/c1-7(8(2)14)11-9(5-12)3-4-10(6-13)15-11/h3-4,6-8,10,12,14H,5H2,1-2H3. The van der Waals surface area contributed by atoms with E-state index >= 15 is 0 Å². The topological polar surface area (TPSA) is 66.8 Å². The van der Waals surface area contributed by atoms with Gasteiger partial charge in [-0.05, 0) is 13.0 Å². The summed E-state index contributed by atoms with van der Waals surface area (Å²) in [6.45, 7) is 3.27. The fraction of sp³-hybridized carbons (Fsp3) is 0.545. The van der Waals surface area contributed by atoms with Gasteiger partial charge in [-0.15, -0.1) is 0 Å². The number of hydrogen-bond acceptors (Lipinski definition) is 4. The fourth-order valence-electron chi connectivity index (χ4n) is 1.38. The summed E-state index contributed by atoms with van der Waals surface area (Å²) in [5.74, 6) is 0.256. The molecule has 0 saturated carbocycles. The zero-order valence-electron chi connectivity index (χ0n) is 8.88. The van der Waals surface area contributed by atoms with Crippen molar-refractivity contribution < 1.29 is 19.7 Å². The summed E-state index contributed by atoms with van der Waals surface area (Å²) in [6, 6.07) is 0. The van der Waals surface area contributed by atoms with Crippen molar-refractivity contribution in [1.82, 2.24) is 0 Å². The quantitative estimate of drug-likeness (QED) is 0.662. The zero-order valence-corrected chi connectivity index (χ0v) is 8.88. The third kappa shape index (κ3) is 2.67. The summed E-state index contributed by atoms with van der Waals surface area (Å²) in [5, 5.41) is 18.5. The van der Waals surface area contributed by atoms with Crippen molar-refractivity contribution in [1.29, 1.82) is 0 Å². The van der Waals surface area contributed by atoms with E-state index in [4.69, 9.17) is 9.84 Å². The summed E-state index contributed by atoms with van der Waals surface area (Å²) in [7, 11) is 0. The Hall–Kier alpha value is -1.13. The van der Waals surface area contributed by atoms with Crippen molar-refractivity contribution in [2.75, 3.05) is 6.61 Å². The maximum Gasteiger partial charge on any atom is 0.172 e. The second kappa shape index (κ2) is 5.09. The van der Waals surface area contributed by atoms with E-state index in [9.17, 15) is 9.90 Å². The summed E-state index contributed by atoms with van der Waals surface area (Å²) in [6.07, 6.45) is 2.73. The normalized spacial score (nSPS) is 24.7. The number of aliphatic hydroxyl groups excluding tert-OH is 2. The van der Waals surface area contributed by atoms with Gasteiger partial charge in [0, 0.05) is 11.5 Å². The highest BCUT2D eigenvalue weighted by Gasteiger charge is 2.24. The number of carbonyl (C=O) groups is 1. The Morgan fingerprint density at radius 2 is 2.27 bits per heavy atom. The minimum atomic E-state index is -0.614. The average molecular weight is 212 g/mol. The monoisotopic (exact) mass is 212 g/mol. The van der Waals surface area contributed by atoms with Crippen molar-refractivity contribution in [3.05, 3.63) is 23.5 Å². The predicted molar refractivity (Wildman–Crippen MR) is 55.0 cm³/mol. The molecule has 0 aliphatic carbocycles. The highest BCUT2D eigenvalue weighted by molar-refractivity contribution is 5.61. The van der Waals surface area contributed by atoms with E-state index in [-0.39, 0.29) is 12.5 Å². The maximum atomic E-state index is 10.6. The Labute approximate surface area is 88.9 Å². The Morgan fingerprint density at radius 1 is 1.60 bits per heavy atom. The number of carbonyl (C=O) groups excluding carboxylic acids is 1. The molecule has 1 heterocycles. The molecule has 0 fully saturated rings. The SMILES string of the molecule is CC(O)C(C)C1=C(CO)C=CC(C=O)O1. The van der Waals surface area contributed by atoms with Gasteiger partial charge in [0.2, 0.25) is 0 Å². The summed E-state index contributed by atoms with van der Waals surface area (Å²) >= 11 is 0. The van der Waals surface area contributed by atoms with Crippen LogP contribution in [0.5, 0.6) is 0 Å². The molecule has 0 aromatic rings. The van der Waals surface area contributed by atoms with Gasteiger partial charge in [0.25, 0.3) is 0 Å². The highest BCUT2D eigenvalue weighted by Crippen LogP contribution is 2.25. The Kier molecular flexibility index (Phi) is 4.05. The molecule has 3 unspecified atom stereocenters. The van der Waals surface area contributed by atoms with Crippen LogP contribution >= 0.6 is 0 Å². The minimum absolute atomic E-state index is 0.158. The molecule has 0 aromatic carbocycles. The van der Waals surface area contributed by atoms with Gasteiger partial charge >= 0.3 is 0 Å². The predicted octanol–water partition coefficient (Wildman–Crippen LogP) is 0.404. The Bertz CT molecular complexity index is 291. The van der Waals surface area contributed by atoms with E-state index in [0.717, 1.165) is 0 Å². The Morgan fingerprint density at radius 3 is 2.73 bits per heavy atom. The van der Waals surface area contributed by atoms with Crippen molar-refractivity contribution >= 4 is 6.29 Å². The summed E-state index contributed by atoms with van der Waals surface area (Å²) < 4.78 is 5.37. The van der Waals surface area contributed by atoms with Crippen molar-refractivity contribution in [2.45, 2.75) is 26.1 Å². The van der Waals surface area contributed by atoms with Crippen LogP contribution in [0.25, 0.3) is 0 Å². The van der Waals surface area contributed by atoms with Gasteiger partial charge in [-0.1, -0.05) is 13.0 Å². The largest absolute Gasteiger partial charge is 0.482 e. The molecular formula is C11H16O4. The molecule has 84 valence electrons. The summed E-state index contributed by atoms with van der Waals surface area (Å²) in [5.41, 5.74) is 0.613. The van der Waals surface area contributed by atoms with E-state index < -0.39 is 12.2 Å². The molecule has 3 atom stereocenters. The first-order chi connectivity index (χ1) is 7.10. The lowest BCUT2D eigenvalue weighted by Crippen LogP contribution is -2.25. The molecule has 0 bridgehead atoms. The van der Waals surface area contributed by atoms with Crippen LogP contribution in [-0.4, -0.2) is 35.3 Å². The molecule has 0 aromatic heterocycles. The van der Waals surface area contributed by atoms with E-state index in [0.29, 0.717) is 17.6 Å². The lowest BCUT2D eigenvalue weighted by Gasteiger charge is -2.26. The number of hydrogen-bond donors (Lipinski definition) is 2. The number of rotatable bonds is 4. The third-order valence-electron chi connectivity index (χ3n) is 2.51. The van der Waals surface area contributed by atoms with Gasteiger partial charge in [0.1, 0.15) is 5.76 Å². The van der Waals surface area contributed by atoms with E-state index in [1.807, 2.05) is 0 Å². The summed E-state index contributed by atoms with van der Waals surface area (Å²) in [4.78, 5) is 10.6. The van der Waals surface area contributed by atoms with Crippen LogP contribution < -0.4 is 0 Å².